The lowest BCUT2D eigenvalue weighted by Crippen LogP contribution is -2.26. The fraction of sp³-hybridized carbons (Fsp3) is 0.909. The molecule has 1 unspecified atom stereocenters. The van der Waals surface area contributed by atoms with Gasteiger partial charge >= 0.3 is 0 Å². The summed E-state index contributed by atoms with van der Waals surface area (Å²) in [5, 5.41) is 16.3. The van der Waals surface area contributed by atoms with Gasteiger partial charge in [0.1, 0.15) is 13.0 Å². The molecule has 0 aliphatic carbocycles. The molecule has 0 bridgehead atoms. The third-order valence-electron chi connectivity index (χ3n) is 2.45. The Hall–Kier alpha value is -1.01. The molecule has 0 fully saturated rings. The molecule has 10 nitrogen and oxygen atoms in total. The molecule has 0 radical (unpaired) electrons. The molecular weight excluding hydrogens is 282 g/mol. The third-order valence-corrected chi connectivity index (χ3v) is 2.45. The predicted octanol–water partition coefficient (Wildman–Crippen LogP) is -0.502. The second-order valence-electron chi connectivity index (χ2n) is 4.33. The normalized spacial score (nSPS) is 12.6. The second-order valence-corrected chi connectivity index (χ2v) is 4.33. The van der Waals surface area contributed by atoms with Gasteiger partial charge in [0.2, 0.25) is 0 Å². The van der Waals surface area contributed by atoms with Crippen molar-refractivity contribution in [3.05, 3.63) is 0 Å². The van der Waals surface area contributed by atoms with Crippen molar-refractivity contribution >= 4 is 5.96 Å². The summed E-state index contributed by atoms with van der Waals surface area (Å²) in [5.41, 5.74) is 16.1. The Bertz CT molecular complexity index is 263. The van der Waals surface area contributed by atoms with Crippen LogP contribution >= 0.6 is 0 Å². The van der Waals surface area contributed by atoms with E-state index < -0.39 is 6.23 Å². The van der Waals surface area contributed by atoms with Crippen LogP contribution in [0.15, 0.2) is 4.99 Å². The number of nitrogens with two attached hydrogens (primary N) is 3. The summed E-state index contributed by atoms with van der Waals surface area (Å²) < 4.78 is 10.5. The van der Waals surface area contributed by atoms with Crippen molar-refractivity contribution in [2.24, 2.45) is 22.2 Å². The van der Waals surface area contributed by atoms with E-state index >= 15 is 0 Å². The topological polar surface area (TPSA) is 162 Å². The predicted molar refractivity (Wildman–Crippen MR) is 75.0 cm³/mol. The van der Waals surface area contributed by atoms with E-state index in [4.69, 9.17) is 37.1 Å². The number of unbranched alkanes of at least 4 members (excludes halogenated alkanes) is 2. The van der Waals surface area contributed by atoms with Crippen LogP contribution in [0, 0.1) is 0 Å². The van der Waals surface area contributed by atoms with E-state index in [0.717, 1.165) is 19.3 Å². The van der Waals surface area contributed by atoms with Crippen LogP contribution in [0.2, 0.25) is 0 Å². The van der Waals surface area contributed by atoms with Crippen molar-refractivity contribution in [1.29, 1.82) is 0 Å². The summed E-state index contributed by atoms with van der Waals surface area (Å²) in [6.07, 6.45) is 3.36. The fourth-order valence-corrected chi connectivity index (χ4v) is 1.41. The van der Waals surface area contributed by atoms with Crippen molar-refractivity contribution in [2.45, 2.75) is 38.3 Å². The van der Waals surface area contributed by atoms with E-state index in [1.165, 1.54) is 0 Å². The standard InChI is InChI=1S/C11H27N5O5/c12-10(5-4-6-15-11(13)14)20-9-19-7-2-1-3-8-21-16(17)18/h10,17-18H,1-9,12H2,(H4,13,14,15). The smallest absolute Gasteiger partial charge is 0.185 e. The molecule has 0 aliphatic heterocycles. The molecule has 0 amide bonds. The summed E-state index contributed by atoms with van der Waals surface area (Å²) >= 11 is 0. The Kier molecular flexibility index (Phi) is 13.3. The lowest BCUT2D eigenvalue weighted by molar-refractivity contribution is -0.492. The minimum absolute atomic E-state index is 0.0731. The summed E-state index contributed by atoms with van der Waals surface area (Å²) in [7, 11) is 0. The highest BCUT2D eigenvalue weighted by Crippen LogP contribution is 1.99. The van der Waals surface area contributed by atoms with Crippen LogP contribution in [0.1, 0.15) is 32.1 Å². The number of nitrogens with zero attached hydrogens (tertiary/aromatic N) is 2. The molecule has 8 N–H and O–H groups in total. The van der Waals surface area contributed by atoms with Crippen molar-refractivity contribution in [3.8, 4) is 0 Å². The zero-order valence-electron chi connectivity index (χ0n) is 12.2. The molecule has 10 heteroatoms. The van der Waals surface area contributed by atoms with Crippen molar-refractivity contribution in [1.82, 2.24) is 5.39 Å². The third kappa shape index (κ3) is 16.9. The van der Waals surface area contributed by atoms with E-state index in [2.05, 4.69) is 9.83 Å². The Morgan fingerprint density at radius 1 is 1.10 bits per heavy atom. The van der Waals surface area contributed by atoms with Gasteiger partial charge in [-0.25, -0.2) is 0 Å². The molecule has 0 aliphatic rings. The number of hydrogen-bond acceptors (Lipinski definition) is 8. The summed E-state index contributed by atoms with van der Waals surface area (Å²) in [6, 6.07) is 0. The molecule has 0 spiro atoms. The first-order valence-corrected chi connectivity index (χ1v) is 6.83. The largest absolute Gasteiger partial charge is 0.370 e. The van der Waals surface area contributed by atoms with E-state index in [1.54, 1.807) is 0 Å². The Morgan fingerprint density at radius 3 is 2.48 bits per heavy atom. The van der Waals surface area contributed by atoms with E-state index in [1.807, 2.05) is 0 Å². The number of aliphatic imine (C=N–C) groups is 1. The van der Waals surface area contributed by atoms with Crippen LogP contribution < -0.4 is 17.2 Å². The fourth-order valence-electron chi connectivity index (χ4n) is 1.41. The zero-order chi connectivity index (χ0) is 15.9. The zero-order valence-corrected chi connectivity index (χ0v) is 12.2. The molecule has 0 saturated heterocycles. The van der Waals surface area contributed by atoms with Crippen LogP contribution in [0.3, 0.4) is 0 Å². The molecule has 0 aromatic carbocycles. The number of rotatable bonds is 14. The first-order chi connectivity index (χ1) is 10.0. The van der Waals surface area contributed by atoms with Crippen LogP contribution in [0.25, 0.3) is 0 Å². The highest BCUT2D eigenvalue weighted by molar-refractivity contribution is 5.75. The monoisotopic (exact) mass is 309 g/mol. The van der Waals surface area contributed by atoms with Gasteiger partial charge < -0.3 is 26.7 Å². The maximum absolute atomic E-state index is 8.28. The summed E-state index contributed by atoms with van der Waals surface area (Å²) in [5.74, 6) is 0.0731. The number of ether oxygens (including phenoxy) is 2. The van der Waals surface area contributed by atoms with Gasteiger partial charge in [0.25, 0.3) is 0 Å². The second kappa shape index (κ2) is 13.9. The van der Waals surface area contributed by atoms with Gasteiger partial charge in [-0.2, -0.15) is 0 Å². The lowest BCUT2D eigenvalue weighted by Gasteiger charge is -2.12. The van der Waals surface area contributed by atoms with Gasteiger partial charge in [0.05, 0.1) is 12.0 Å². The van der Waals surface area contributed by atoms with Crippen LogP contribution in [0.4, 0.5) is 0 Å². The van der Waals surface area contributed by atoms with E-state index in [9.17, 15) is 0 Å². The van der Waals surface area contributed by atoms with Gasteiger partial charge in [-0.05, 0) is 32.1 Å². The lowest BCUT2D eigenvalue weighted by atomic mass is 10.2. The van der Waals surface area contributed by atoms with Gasteiger partial charge in [-0.3, -0.25) is 20.2 Å². The average Bonchev–Trinajstić information content (AvgIpc) is 2.41. The molecule has 0 aromatic heterocycles. The molecule has 0 saturated carbocycles. The molecule has 0 rings (SSSR count). The minimum atomic E-state index is -0.396. The molecule has 1 atom stereocenters. The molecule has 126 valence electrons. The molecule has 21 heavy (non-hydrogen) atoms. The first-order valence-electron chi connectivity index (χ1n) is 6.83. The SMILES string of the molecule is NC(N)=NCCCC(N)OCOCCCCCON(O)O. The number of guanidine groups is 1. The van der Waals surface area contributed by atoms with E-state index in [-0.39, 0.29) is 24.7 Å². The maximum Gasteiger partial charge on any atom is 0.185 e. The Morgan fingerprint density at radius 2 is 1.81 bits per heavy atom. The quantitative estimate of drug-likeness (QED) is 0.0935. The van der Waals surface area contributed by atoms with Crippen molar-refractivity contribution in [2.75, 3.05) is 26.6 Å². The van der Waals surface area contributed by atoms with E-state index in [0.29, 0.717) is 26.0 Å². The highest BCUT2D eigenvalue weighted by Gasteiger charge is 2.02. The summed E-state index contributed by atoms with van der Waals surface area (Å²) in [4.78, 5) is 8.24. The van der Waals surface area contributed by atoms with Crippen molar-refractivity contribution < 1.29 is 24.7 Å². The van der Waals surface area contributed by atoms with Gasteiger partial charge in [0.15, 0.2) is 5.96 Å². The Labute approximate surface area is 124 Å². The number of hydrogen-bond donors (Lipinski definition) is 5. The Balaban J connectivity index is 3.21. The van der Waals surface area contributed by atoms with Crippen LogP contribution in [-0.4, -0.2) is 54.5 Å². The molecular formula is C11H27N5O5. The van der Waals surface area contributed by atoms with Gasteiger partial charge in [-0.15, -0.1) is 0 Å². The highest BCUT2D eigenvalue weighted by atomic mass is 17.1. The first kappa shape index (κ1) is 20.0. The molecule has 0 aromatic rings. The van der Waals surface area contributed by atoms with Crippen LogP contribution in [0.5, 0.6) is 0 Å². The summed E-state index contributed by atoms with van der Waals surface area (Å²) in [6.45, 7) is 1.45. The molecule has 0 heterocycles. The van der Waals surface area contributed by atoms with Crippen LogP contribution in [-0.2, 0) is 14.3 Å². The minimum Gasteiger partial charge on any atom is -0.370 e. The van der Waals surface area contributed by atoms with Gasteiger partial charge in [0, 0.05) is 13.2 Å². The maximum atomic E-state index is 8.28. The average molecular weight is 309 g/mol. The van der Waals surface area contributed by atoms with Gasteiger partial charge in [-0.1, -0.05) is 0 Å². The van der Waals surface area contributed by atoms with Crippen molar-refractivity contribution in [3.63, 3.8) is 0 Å².